The number of rotatable bonds is 12. The number of pyridine rings is 1. The molecule has 1 amide bonds. The Morgan fingerprint density at radius 2 is 1.77 bits per heavy atom. The maximum Gasteiger partial charge on any atom is 0.312 e. The Labute approximate surface area is 388 Å². The second-order valence-corrected chi connectivity index (χ2v) is 21.4. The maximum atomic E-state index is 14.3. The van der Waals surface area contributed by atoms with Crippen molar-refractivity contribution < 1.29 is 27.6 Å². The molecule has 3 fully saturated rings. The van der Waals surface area contributed by atoms with E-state index in [0.29, 0.717) is 22.4 Å². The third-order valence-corrected chi connectivity index (χ3v) is 15.8. The van der Waals surface area contributed by atoms with Crippen molar-refractivity contribution in [2.24, 2.45) is 16.7 Å². The number of piperazine rings is 1. The van der Waals surface area contributed by atoms with E-state index >= 15 is 0 Å². The number of carbonyl (C=O) groups is 1. The molecular formula is C49H53ClN8O7S. The summed E-state index contributed by atoms with van der Waals surface area (Å²) in [5, 5.41) is 17.0. The van der Waals surface area contributed by atoms with E-state index in [1.165, 1.54) is 28.8 Å². The first-order chi connectivity index (χ1) is 31.7. The molecule has 10 rings (SSSR count). The third-order valence-electron chi connectivity index (χ3n) is 14.2. The lowest BCUT2D eigenvalue weighted by atomic mass is 9.69. The SMILES string of the molecule is CC1(C)CCC(CN2CCN(c3ccc(C(=O)NS(=O)(=O)c4ccc(OCC5CCC6(CC5)COC6)c([N+](=O)[O-])c4)c(-n4[nH]cc5nc6nccc6cc54)c3)CC2)=C(c2ccc(Cl)cc2)C1. The van der Waals surface area contributed by atoms with Crippen LogP contribution in [0.3, 0.4) is 0 Å². The van der Waals surface area contributed by atoms with Gasteiger partial charge in [-0.1, -0.05) is 43.2 Å². The zero-order valence-electron chi connectivity index (χ0n) is 37.1. The van der Waals surface area contributed by atoms with Crippen molar-refractivity contribution >= 4 is 66.5 Å². The number of sulfonamides is 1. The lowest BCUT2D eigenvalue weighted by molar-refractivity contribution is -0.386. The first kappa shape index (κ1) is 44.0. The molecule has 0 unspecified atom stereocenters. The number of hydrogen-bond donors (Lipinski definition) is 2. The molecule has 6 aromatic rings. The highest BCUT2D eigenvalue weighted by atomic mass is 35.5. The van der Waals surface area contributed by atoms with E-state index < -0.39 is 31.4 Å². The lowest BCUT2D eigenvalue weighted by Crippen LogP contribution is -2.47. The summed E-state index contributed by atoms with van der Waals surface area (Å²) in [6.07, 6.45) is 10.5. The molecule has 4 aliphatic rings. The van der Waals surface area contributed by atoms with Crippen molar-refractivity contribution in [1.29, 1.82) is 0 Å². The van der Waals surface area contributed by atoms with Gasteiger partial charge in [0.05, 0.1) is 46.4 Å². The van der Waals surface area contributed by atoms with Crippen LogP contribution in [-0.2, 0) is 14.8 Å². The smallest absolute Gasteiger partial charge is 0.312 e. The van der Waals surface area contributed by atoms with E-state index in [0.717, 1.165) is 113 Å². The summed E-state index contributed by atoms with van der Waals surface area (Å²) in [6.45, 7) is 10.5. The average molecular weight is 934 g/mol. The van der Waals surface area contributed by atoms with E-state index in [4.69, 9.17) is 21.1 Å². The number of amides is 1. The summed E-state index contributed by atoms with van der Waals surface area (Å²) in [6, 6.07) is 20.8. The molecule has 1 saturated carbocycles. The molecule has 0 bridgehead atoms. The first-order valence-electron chi connectivity index (χ1n) is 22.7. The summed E-state index contributed by atoms with van der Waals surface area (Å²) in [5.41, 5.74) is 7.27. The van der Waals surface area contributed by atoms with Crippen molar-refractivity contribution in [2.75, 3.05) is 57.4 Å². The van der Waals surface area contributed by atoms with Gasteiger partial charge in [-0.3, -0.25) is 29.6 Å². The summed E-state index contributed by atoms with van der Waals surface area (Å²) < 4.78 is 43.1. The second-order valence-electron chi connectivity index (χ2n) is 19.3. The first-order valence-corrected chi connectivity index (χ1v) is 24.5. The molecule has 1 spiro atoms. The van der Waals surface area contributed by atoms with Crippen LogP contribution in [0.15, 0.2) is 95.7 Å². The van der Waals surface area contributed by atoms with Gasteiger partial charge >= 0.3 is 5.69 Å². The summed E-state index contributed by atoms with van der Waals surface area (Å²) in [7, 11) is -4.59. The van der Waals surface area contributed by atoms with Crippen molar-refractivity contribution in [1.82, 2.24) is 29.4 Å². The number of nitro benzene ring substituents is 1. The maximum absolute atomic E-state index is 14.3. The molecule has 66 heavy (non-hydrogen) atoms. The largest absolute Gasteiger partial charge is 0.487 e. The highest BCUT2D eigenvalue weighted by molar-refractivity contribution is 7.90. The Morgan fingerprint density at radius 1 is 1.00 bits per heavy atom. The Morgan fingerprint density at radius 3 is 2.50 bits per heavy atom. The number of carbonyl (C=O) groups excluding carboxylic acids is 1. The van der Waals surface area contributed by atoms with Crippen LogP contribution >= 0.6 is 11.6 Å². The van der Waals surface area contributed by atoms with Crippen LogP contribution in [0, 0.1) is 26.9 Å². The molecule has 2 saturated heterocycles. The van der Waals surface area contributed by atoms with Crippen LogP contribution in [0.1, 0.15) is 74.7 Å². The zero-order chi connectivity index (χ0) is 45.8. The fourth-order valence-electron chi connectivity index (χ4n) is 10.1. The molecule has 15 nitrogen and oxygen atoms in total. The number of aromatic nitrogens is 4. The average Bonchev–Trinajstić information content (AvgIpc) is 3.94. The summed E-state index contributed by atoms with van der Waals surface area (Å²) >= 11 is 6.26. The van der Waals surface area contributed by atoms with Crippen LogP contribution in [-0.4, -0.2) is 96.4 Å². The van der Waals surface area contributed by atoms with Gasteiger partial charge in [0.25, 0.3) is 15.9 Å². The van der Waals surface area contributed by atoms with Crippen LogP contribution in [0.4, 0.5) is 11.4 Å². The predicted molar refractivity (Wildman–Crippen MR) is 254 cm³/mol. The molecule has 3 aromatic heterocycles. The van der Waals surface area contributed by atoms with Crippen molar-refractivity contribution in [2.45, 2.75) is 63.7 Å². The van der Waals surface area contributed by atoms with Gasteiger partial charge in [-0.25, -0.2) is 23.1 Å². The molecule has 2 aliphatic carbocycles. The number of fused-ring (bicyclic) bond motifs is 2. The highest BCUT2D eigenvalue weighted by Crippen LogP contribution is 2.45. The Hall–Kier alpha value is -5.81. The number of nitrogens with one attached hydrogen (secondary N) is 2. The normalized spacial score (nSPS) is 19.0. The van der Waals surface area contributed by atoms with E-state index in [2.05, 4.69) is 55.6 Å². The summed E-state index contributed by atoms with van der Waals surface area (Å²) in [5.74, 6) is -0.698. The number of hydrogen-bond acceptors (Lipinski definition) is 11. The predicted octanol–water partition coefficient (Wildman–Crippen LogP) is 8.95. The Bertz CT molecular complexity index is 2980. The van der Waals surface area contributed by atoms with Gasteiger partial charge in [0.2, 0.25) is 0 Å². The molecule has 0 radical (unpaired) electrons. The monoisotopic (exact) mass is 932 g/mol. The molecule has 3 aromatic carbocycles. The van der Waals surface area contributed by atoms with E-state index in [9.17, 15) is 23.3 Å². The van der Waals surface area contributed by atoms with Gasteiger partial charge in [0.15, 0.2) is 11.4 Å². The lowest BCUT2D eigenvalue weighted by Gasteiger charge is -2.46. The van der Waals surface area contributed by atoms with Crippen molar-refractivity contribution in [3.05, 3.63) is 117 Å². The topological polar surface area (TPSA) is 178 Å². The number of allylic oxidation sites excluding steroid dienone is 1. The number of anilines is 1. The fourth-order valence-corrected chi connectivity index (χ4v) is 11.2. The van der Waals surface area contributed by atoms with Crippen LogP contribution in [0.5, 0.6) is 5.75 Å². The number of nitro groups is 1. The molecule has 2 N–H and O–H groups in total. The van der Waals surface area contributed by atoms with E-state index in [1.54, 1.807) is 23.1 Å². The minimum Gasteiger partial charge on any atom is -0.487 e. The minimum absolute atomic E-state index is 0.0215. The van der Waals surface area contributed by atoms with Gasteiger partial charge in [-0.15, -0.1) is 0 Å². The van der Waals surface area contributed by atoms with E-state index in [1.807, 2.05) is 36.4 Å². The van der Waals surface area contributed by atoms with Gasteiger partial charge in [0, 0.05) is 72.7 Å². The van der Waals surface area contributed by atoms with Crippen LogP contribution in [0.2, 0.25) is 5.02 Å². The number of H-pyrrole nitrogens is 1. The molecule has 0 atom stereocenters. The zero-order valence-corrected chi connectivity index (χ0v) is 38.7. The Balaban J connectivity index is 0.890. The number of ether oxygens (including phenoxy) is 2. The van der Waals surface area contributed by atoms with Gasteiger partial charge < -0.3 is 14.4 Å². The van der Waals surface area contributed by atoms with Crippen molar-refractivity contribution in [3.63, 3.8) is 0 Å². The fraction of sp³-hybridized carbons (Fsp3) is 0.408. The number of benzene rings is 3. The summed E-state index contributed by atoms with van der Waals surface area (Å²) in [4.78, 5) is 39.2. The molecule has 344 valence electrons. The van der Waals surface area contributed by atoms with Crippen LogP contribution < -0.4 is 14.4 Å². The van der Waals surface area contributed by atoms with Crippen molar-refractivity contribution in [3.8, 4) is 11.4 Å². The molecule has 5 heterocycles. The second kappa shape index (κ2) is 17.4. The quantitative estimate of drug-likeness (QED) is 0.0885. The third kappa shape index (κ3) is 8.91. The number of halogens is 1. The van der Waals surface area contributed by atoms with Gasteiger partial charge in [0.1, 0.15) is 5.52 Å². The highest BCUT2D eigenvalue weighted by Gasteiger charge is 2.42. The Kier molecular flexibility index (Phi) is 11.6. The number of aromatic amines is 1. The van der Waals surface area contributed by atoms with Gasteiger partial charge in [-0.05, 0) is 122 Å². The standard InChI is InChI=1S/C49H53ClN8O7S/c1-48(2)15-13-35(40(26-48)33-3-5-36(50)6-4-33)28-55-19-21-56(22-20-55)37-7-9-39(42(24-37)57-43-23-34-14-18-51-46(34)53-41(43)27-52-57)47(59)54-66(62,63)38-8-10-45(44(25-38)58(60)61)65-29-32-11-16-49(17-12-32)30-64-31-49/h3-10,14,18,23-25,27,32,52H,11-13,15-17,19-22,26,28-31H2,1-2H3,(H,54,59). The molecule has 2 aliphatic heterocycles. The molecular weight excluding hydrogens is 880 g/mol. The van der Waals surface area contributed by atoms with E-state index in [-0.39, 0.29) is 34.7 Å². The van der Waals surface area contributed by atoms with Crippen LogP contribution in [0.25, 0.3) is 33.3 Å². The number of nitrogens with zero attached hydrogens (tertiary/aromatic N) is 6. The van der Waals surface area contributed by atoms with Gasteiger partial charge in [-0.2, -0.15) is 0 Å². The minimum atomic E-state index is -4.59. The molecule has 17 heteroatoms.